The molecule has 1 heterocycles. The highest BCUT2D eigenvalue weighted by Gasteiger charge is 2.29. The molecule has 1 unspecified atom stereocenters. The topological polar surface area (TPSA) is 73.8 Å². The first kappa shape index (κ1) is 22.4. The minimum absolute atomic E-state index is 0.00925. The Morgan fingerprint density at radius 2 is 1.93 bits per heavy atom. The van der Waals surface area contributed by atoms with Crippen molar-refractivity contribution in [3.8, 4) is 0 Å². The van der Waals surface area contributed by atoms with Crippen LogP contribution in [0.15, 0.2) is 23.2 Å². The Morgan fingerprint density at radius 3 is 2.50 bits per heavy atom. The van der Waals surface area contributed by atoms with Gasteiger partial charge in [-0.2, -0.15) is 0 Å². The fraction of sp³-hybridized carbons (Fsp3) is 0.632. The molecule has 1 aromatic carbocycles. The number of halogens is 2. The molecule has 0 spiro atoms. The van der Waals surface area contributed by atoms with Crippen molar-refractivity contribution in [3.63, 3.8) is 0 Å². The Morgan fingerprint density at radius 1 is 1.29 bits per heavy atom. The number of nitrogens with zero attached hydrogens (tertiary/aromatic N) is 2. The minimum atomic E-state index is -3.24. The Hall–Kier alpha value is -1.90. The quantitative estimate of drug-likeness (QED) is 0.550. The molecule has 1 fully saturated rings. The molecule has 158 valence electrons. The van der Waals surface area contributed by atoms with E-state index in [1.54, 1.807) is 25.7 Å². The van der Waals surface area contributed by atoms with E-state index in [0.717, 1.165) is 0 Å². The van der Waals surface area contributed by atoms with Crippen LogP contribution >= 0.6 is 0 Å². The summed E-state index contributed by atoms with van der Waals surface area (Å²) < 4.78 is 51.6. The Kier molecular flexibility index (Phi) is 7.25. The van der Waals surface area contributed by atoms with Gasteiger partial charge in [-0.15, -0.1) is 0 Å². The Labute approximate surface area is 166 Å². The van der Waals surface area contributed by atoms with Gasteiger partial charge >= 0.3 is 0 Å². The van der Waals surface area contributed by atoms with Gasteiger partial charge < -0.3 is 15.5 Å². The highest BCUT2D eigenvalue weighted by atomic mass is 32.2. The third kappa shape index (κ3) is 5.56. The van der Waals surface area contributed by atoms with Crippen LogP contribution in [0.1, 0.15) is 34.1 Å². The number of nitrogens with one attached hydrogen (secondary N) is 2. The van der Waals surface area contributed by atoms with E-state index in [2.05, 4.69) is 15.6 Å². The number of para-hydroxylation sites is 1. The summed E-state index contributed by atoms with van der Waals surface area (Å²) >= 11 is 0. The largest absolute Gasteiger partial charge is 0.365 e. The van der Waals surface area contributed by atoms with Crippen LogP contribution in [0.4, 0.5) is 14.5 Å². The van der Waals surface area contributed by atoms with E-state index in [1.165, 1.54) is 18.2 Å². The van der Waals surface area contributed by atoms with Gasteiger partial charge in [0, 0.05) is 25.7 Å². The third-order valence-corrected chi connectivity index (χ3v) is 7.28. The molecule has 0 bridgehead atoms. The normalized spacial score (nSPS) is 18.4. The van der Waals surface area contributed by atoms with Crippen LogP contribution < -0.4 is 15.5 Å². The molecule has 2 rings (SSSR count). The highest BCUT2D eigenvalue weighted by Crippen LogP contribution is 2.26. The summed E-state index contributed by atoms with van der Waals surface area (Å²) in [5.41, 5.74) is -0.00925. The lowest BCUT2D eigenvalue weighted by atomic mass is 10.2. The fourth-order valence-corrected chi connectivity index (χ4v) is 3.91. The molecule has 6 nitrogen and oxygen atoms in total. The molecule has 0 amide bonds. The maximum atomic E-state index is 14.0. The third-order valence-electron chi connectivity index (χ3n) is 4.69. The molecule has 1 saturated heterocycles. The average molecular weight is 417 g/mol. The smallest absolute Gasteiger partial charge is 0.191 e. The van der Waals surface area contributed by atoms with E-state index >= 15 is 0 Å². The molecule has 0 aromatic heterocycles. The SMILES string of the molecule is CCNC(=NCCS(=O)(=O)C(C)(C)C)NC1CCN(c2c(F)cccc2F)C1. The first-order valence-electron chi connectivity index (χ1n) is 9.51. The second-order valence-corrected chi connectivity index (χ2v) is 10.7. The van der Waals surface area contributed by atoms with Gasteiger partial charge in [-0.1, -0.05) is 6.07 Å². The summed E-state index contributed by atoms with van der Waals surface area (Å²) in [6, 6.07) is 3.80. The van der Waals surface area contributed by atoms with E-state index in [4.69, 9.17) is 0 Å². The predicted octanol–water partition coefficient (Wildman–Crippen LogP) is 2.31. The Balaban J connectivity index is 1.99. The van der Waals surface area contributed by atoms with E-state index in [9.17, 15) is 17.2 Å². The molecule has 0 saturated carbocycles. The maximum absolute atomic E-state index is 14.0. The zero-order valence-corrected chi connectivity index (χ0v) is 17.7. The summed E-state index contributed by atoms with van der Waals surface area (Å²) in [5.74, 6) is -0.681. The number of sulfone groups is 1. The standard InChI is InChI=1S/C19H30F2N4O2S/c1-5-22-18(23-10-12-28(26,27)19(2,3)4)24-14-9-11-25(13-14)17-15(20)7-6-8-16(17)21/h6-8,14H,5,9-13H2,1-4H3,(H2,22,23,24). The van der Waals surface area contributed by atoms with Crippen molar-refractivity contribution in [2.45, 2.75) is 44.9 Å². The van der Waals surface area contributed by atoms with E-state index < -0.39 is 26.2 Å². The van der Waals surface area contributed by atoms with Crippen molar-refractivity contribution in [1.82, 2.24) is 10.6 Å². The van der Waals surface area contributed by atoms with Gasteiger partial charge in [-0.05, 0) is 46.2 Å². The van der Waals surface area contributed by atoms with Crippen molar-refractivity contribution in [2.24, 2.45) is 4.99 Å². The van der Waals surface area contributed by atoms with Crippen LogP contribution in [0.2, 0.25) is 0 Å². The summed E-state index contributed by atoms with van der Waals surface area (Å²) in [7, 11) is -3.24. The second-order valence-electron chi connectivity index (χ2n) is 7.84. The highest BCUT2D eigenvalue weighted by molar-refractivity contribution is 7.92. The van der Waals surface area contributed by atoms with E-state index in [1.807, 2.05) is 6.92 Å². The monoisotopic (exact) mass is 416 g/mol. The molecule has 28 heavy (non-hydrogen) atoms. The number of rotatable bonds is 6. The van der Waals surface area contributed by atoms with Crippen molar-refractivity contribution in [2.75, 3.05) is 36.8 Å². The second kappa shape index (κ2) is 9.07. The zero-order valence-electron chi connectivity index (χ0n) is 16.9. The molecular weight excluding hydrogens is 386 g/mol. The molecule has 2 N–H and O–H groups in total. The van der Waals surface area contributed by atoms with Gasteiger partial charge in [-0.3, -0.25) is 4.99 Å². The van der Waals surface area contributed by atoms with Gasteiger partial charge in [0.2, 0.25) is 0 Å². The van der Waals surface area contributed by atoms with Crippen molar-refractivity contribution >= 4 is 21.5 Å². The van der Waals surface area contributed by atoms with Gasteiger partial charge in [-0.25, -0.2) is 17.2 Å². The van der Waals surface area contributed by atoms with Crippen LogP contribution in [0.5, 0.6) is 0 Å². The summed E-state index contributed by atoms with van der Waals surface area (Å²) in [5, 5.41) is 6.33. The average Bonchev–Trinajstić information content (AvgIpc) is 3.01. The van der Waals surface area contributed by atoms with Crippen LogP contribution in [0.25, 0.3) is 0 Å². The lowest BCUT2D eigenvalue weighted by Gasteiger charge is -2.21. The molecule has 1 aromatic rings. The summed E-state index contributed by atoms with van der Waals surface area (Å²) in [6.07, 6.45) is 0.693. The fourth-order valence-electron chi connectivity index (χ4n) is 2.97. The number of aliphatic imine (C=N–C) groups is 1. The number of guanidine groups is 1. The molecule has 0 radical (unpaired) electrons. The lowest BCUT2D eigenvalue weighted by molar-refractivity contribution is 0.560. The van der Waals surface area contributed by atoms with Gasteiger partial charge in [0.25, 0.3) is 0 Å². The molecule has 1 aliphatic heterocycles. The minimum Gasteiger partial charge on any atom is -0.365 e. The Bertz CT molecular complexity index is 786. The summed E-state index contributed by atoms with van der Waals surface area (Å²) in [6.45, 7) is 8.65. The number of hydrogen-bond donors (Lipinski definition) is 2. The maximum Gasteiger partial charge on any atom is 0.191 e. The molecular formula is C19H30F2N4O2S. The summed E-state index contributed by atoms with van der Waals surface area (Å²) in [4.78, 5) is 6.03. The molecule has 1 aliphatic rings. The number of anilines is 1. The predicted molar refractivity (Wildman–Crippen MR) is 110 cm³/mol. The first-order valence-corrected chi connectivity index (χ1v) is 11.2. The number of hydrogen-bond acceptors (Lipinski definition) is 4. The van der Waals surface area contributed by atoms with Crippen molar-refractivity contribution in [3.05, 3.63) is 29.8 Å². The first-order chi connectivity index (χ1) is 13.0. The lowest BCUT2D eigenvalue weighted by Crippen LogP contribution is -2.45. The van der Waals surface area contributed by atoms with Crippen LogP contribution in [0, 0.1) is 11.6 Å². The van der Waals surface area contributed by atoms with Crippen LogP contribution in [-0.4, -0.2) is 57.1 Å². The zero-order chi connectivity index (χ0) is 20.9. The van der Waals surface area contributed by atoms with Gasteiger partial charge in [0.1, 0.15) is 17.3 Å². The molecule has 0 aliphatic carbocycles. The van der Waals surface area contributed by atoms with E-state index in [0.29, 0.717) is 32.0 Å². The molecule has 1 atom stereocenters. The van der Waals surface area contributed by atoms with Crippen LogP contribution in [0.3, 0.4) is 0 Å². The van der Waals surface area contributed by atoms with E-state index in [-0.39, 0.29) is 24.0 Å². The van der Waals surface area contributed by atoms with Crippen LogP contribution in [-0.2, 0) is 9.84 Å². The van der Waals surface area contributed by atoms with Gasteiger partial charge in [0.15, 0.2) is 15.8 Å². The van der Waals surface area contributed by atoms with Crippen molar-refractivity contribution in [1.29, 1.82) is 0 Å². The van der Waals surface area contributed by atoms with Crippen molar-refractivity contribution < 1.29 is 17.2 Å². The van der Waals surface area contributed by atoms with Gasteiger partial charge in [0.05, 0.1) is 17.0 Å². The number of benzene rings is 1. The molecule has 9 heteroatoms.